The second-order valence-corrected chi connectivity index (χ2v) is 14.6. The van der Waals surface area contributed by atoms with Crippen LogP contribution in [0.3, 0.4) is 0 Å². The van der Waals surface area contributed by atoms with Crippen LogP contribution in [0.2, 0.25) is 0 Å². The van der Waals surface area contributed by atoms with E-state index in [2.05, 4.69) is 15.4 Å². The summed E-state index contributed by atoms with van der Waals surface area (Å²) in [6.07, 6.45) is 0.661. The van der Waals surface area contributed by atoms with Crippen molar-refractivity contribution >= 4 is 29.2 Å². The van der Waals surface area contributed by atoms with Crippen molar-refractivity contribution in [3.63, 3.8) is 0 Å². The molecule has 2 heterocycles. The maximum atomic E-state index is 14.0. The molecule has 2 saturated heterocycles. The van der Waals surface area contributed by atoms with Gasteiger partial charge in [0.05, 0.1) is 39.0 Å². The highest BCUT2D eigenvalue weighted by atomic mass is 19.3. The van der Waals surface area contributed by atoms with Gasteiger partial charge in [0.15, 0.2) is 11.6 Å². The molecule has 2 fully saturated rings. The number of carbonyl (C=O) groups excluding carboxylic acids is 5. The zero-order chi connectivity index (χ0) is 38.4. The Labute approximate surface area is 310 Å². The van der Waals surface area contributed by atoms with Gasteiger partial charge in [-0.05, 0) is 49.7 Å². The first-order valence-corrected chi connectivity index (χ1v) is 18.4. The van der Waals surface area contributed by atoms with E-state index in [4.69, 9.17) is 9.47 Å². The van der Waals surface area contributed by atoms with E-state index >= 15 is 0 Å². The van der Waals surface area contributed by atoms with Gasteiger partial charge in [0.2, 0.25) is 11.8 Å². The Bertz CT molecular complexity index is 1500. The van der Waals surface area contributed by atoms with E-state index in [-0.39, 0.29) is 49.9 Å². The Hall–Kier alpha value is -3.91. The summed E-state index contributed by atoms with van der Waals surface area (Å²) in [7, 11) is 0. The number of benzene rings is 2. The molecule has 5 atom stereocenters. The second kappa shape index (κ2) is 20.5. The minimum Gasteiger partial charge on any atom is -0.379 e. The summed E-state index contributed by atoms with van der Waals surface area (Å²) in [6.45, 7) is 4.03. The lowest BCUT2D eigenvalue weighted by Gasteiger charge is -2.27. The summed E-state index contributed by atoms with van der Waals surface area (Å²) < 4.78 is 42.0. The molecule has 2 aliphatic heterocycles. The van der Waals surface area contributed by atoms with Crippen molar-refractivity contribution in [1.29, 1.82) is 0 Å². The average molecular weight is 742 g/mol. The molecule has 0 aromatic heterocycles. The number of carbonyl (C=O) groups is 5. The summed E-state index contributed by atoms with van der Waals surface area (Å²) >= 11 is 0. The number of halogens is 2. The minimum absolute atomic E-state index is 0.0579. The smallest absolute Gasteiger partial charge is 0.345 e. The fraction of sp³-hybridized carbons (Fsp3) is 0.575. The summed E-state index contributed by atoms with van der Waals surface area (Å²) in [5.41, 5.74) is 0.708. The quantitative estimate of drug-likeness (QED) is 0.162. The van der Waals surface area contributed by atoms with Gasteiger partial charge in [-0.2, -0.15) is 8.78 Å². The number of morpholine rings is 1. The SMILES string of the molecule is CC(C)C[C@H](NC(=O)[C@@H](CC(=O)[C@H](COC(F)F)NC(=O)[C@H](CCc1ccccc1)CC(=O)CN1CCOCC1)Cc1ccccc1)C(=O)[C@@]1(C)CO1. The first-order valence-electron chi connectivity index (χ1n) is 18.4. The maximum absolute atomic E-state index is 14.0. The van der Waals surface area contributed by atoms with E-state index in [0.29, 0.717) is 39.1 Å². The fourth-order valence-electron chi connectivity index (χ4n) is 6.49. The molecule has 13 heteroatoms. The van der Waals surface area contributed by atoms with Crippen LogP contribution in [0.15, 0.2) is 60.7 Å². The highest BCUT2D eigenvalue weighted by molar-refractivity contribution is 5.98. The summed E-state index contributed by atoms with van der Waals surface area (Å²) in [5.74, 6) is -4.12. The number of nitrogens with one attached hydrogen (secondary N) is 2. The Morgan fingerprint density at radius 2 is 1.43 bits per heavy atom. The molecule has 4 rings (SSSR count). The molecule has 2 amide bonds. The first kappa shape index (κ1) is 41.8. The van der Waals surface area contributed by atoms with Crippen LogP contribution in [-0.2, 0) is 51.0 Å². The van der Waals surface area contributed by atoms with E-state index in [1.54, 1.807) is 31.2 Å². The lowest BCUT2D eigenvalue weighted by atomic mass is 9.89. The van der Waals surface area contributed by atoms with Crippen LogP contribution < -0.4 is 10.6 Å². The van der Waals surface area contributed by atoms with Crippen molar-refractivity contribution in [1.82, 2.24) is 15.5 Å². The van der Waals surface area contributed by atoms with Gasteiger partial charge in [0.1, 0.15) is 17.4 Å². The van der Waals surface area contributed by atoms with Crippen molar-refractivity contribution in [2.45, 2.75) is 83.6 Å². The number of rotatable bonds is 23. The zero-order valence-corrected chi connectivity index (χ0v) is 30.9. The number of amides is 2. The lowest BCUT2D eigenvalue weighted by Crippen LogP contribution is -2.51. The van der Waals surface area contributed by atoms with Crippen LogP contribution in [0.5, 0.6) is 0 Å². The highest BCUT2D eigenvalue weighted by Gasteiger charge is 2.50. The van der Waals surface area contributed by atoms with Crippen LogP contribution in [0.4, 0.5) is 8.78 Å². The predicted molar refractivity (Wildman–Crippen MR) is 193 cm³/mol. The molecule has 2 aliphatic rings. The molecule has 2 aromatic rings. The number of ether oxygens (including phenoxy) is 3. The third-order valence-electron chi connectivity index (χ3n) is 9.65. The number of epoxide rings is 1. The van der Waals surface area contributed by atoms with Crippen molar-refractivity contribution in [2.75, 3.05) is 46.1 Å². The van der Waals surface area contributed by atoms with Crippen LogP contribution in [0, 0.1) is 17.8 Å². The van der Waals surface area contributed by atoms with Gasteiger partial charge in [0, 0.05) is 37.8 Å². The normalized spacial score (nSPS) is 19.6. The number of nitrogens with zero attached hydrogens (tertiary/aromatic N) is 1. The number of ketones is 3. The molecule has 290 valence electrons. The largest absolute Gasteiger partial charge is 0.379 e. The molecule has 0 unspecified atom stereocenters. The average Bonchev–Trinajstić information content (AvgIpc) is 3.89. The van der Waals surface area contributed by atoms with E-state index in [9.17, 15) is 32.8 Å². The van der Waals surface area contributed by atoms with Crippen molar-refractivity contribution in [3.8, 4) is 0 Å². The Morgan fingerprint density at radius 1 is 0.849 bits per heavy atom. The van der Waals surface area contributed by atoms with E-state index in [1.807, 2.05) is 55.1 Å². The fourth-order valence-corrected chi connectivity index (χ4v) is 6.49. The molecule has 0 saturated carbocycles. The second-order valence-electron chi connectivity index (χ2n) is 14.6. The molecule has 0 spiro atoms. The number of Topliss-reactive ketones (excluding diaryl/α,β-unsaturated/α-hetero) is 3. The molecule has 0 bridgehead atoms. The van der Waals surface area contributed by atoms with Gasteiger partial charge >= 0.3 is 6.61 Å². The molecular formula is C40H53F2N3O8. The van der Waals surface area contributed by atoms with Crippen molar-refractivity contribution in [3.05, 3.63) is 71.8 Å². The van der Waals surface area contributed by atoms with Gasteiger partial charge in [-0.3, -0.25) is 28.9 Å². The predicted octanol–water partition coefficient (Wildman–Crippen LogP) is 3.96. The van der Waals surface area contributed by atoms with E-state index in [1.165, 1.54) is 0 Å². The standard InChI is InChI=1S/C40H53F2N3O8/c1-27(2)20-33(36(48)40(3)26-53-40)43-38(50)31(21-29-12-8-5-9-13-29)23-35(47)34(25-52-39(41)42)44-37(49)30(15-14-28-10-6-4-7-11-28)22-32(46)24-45-16-18-51-19-17-45/h4-13,27,30-31,33-34,39H,14-26H2,1-3H3,(H,43,50)(H,44,49)/t30-,31-,33+,34+,40-/m1/s1. The van der Waals surface area contributed by atoms with Gasteiger partial charge < -0.3 is 24.8 Å². The number of aryl methyl sites for hydroxylation is 1. The molecule has 0 aliphatic carbocycles. The van der Waals surface area contributed by atoms with Crippen LogP contribution in [0.25, 0.3) is 0 Å². The molecule has 2 N–H and O–H groups in total. The van der Waals surface area contributed by atoms with Gasteiger partial charge in [-0.15, -0.1) is 0 Å². The third kappa shape index (κ3) is 14.1. The Balaban J connectivity index is 1.52. The molecule has 0 radical (unpaired) electrons. The van der Waals surface area contributed by atoms with Gasteiger partial charge in [0.25, 0.3) is 0 Å². The molecule has 53 heavy (non-hydrogen) atoms. The van der Waals surface area contributed by atoms with Crippen molar-refractivity contribution < 1.29 is 47.0 Å². The number of hydrogen-bond donors (Lipinski definition) is 2. The minimum atomic E-state index is -3.22. The monoisotopic (exact) mass is 741 g/mol. The molecule has 2 aromatic carbocycles. The zero-order valence-electron chi connectivity index (χ0n) is 30.9. The third-order valence-corrected chi connectivity index (χ3v) is 9.65. The Kier molecular flexibility index (Phi) is 16.2. The lowest BCUT2D eigenvalue weighted by molar-refractivity contribution is -0.148. The first-order chi connectivity index (χ1) is 25.3. The number of alkyl halides is 2. The summed E-state index contributed by atoms with van der Waals surface area (Å²) in [6, 6.07) is 16.0. The molecule has 11 nitrogen and oxygen atoms in total. The van der Waals surface area contributed by atoms with Gasteiger partial charge in [-0.1, -0.05) is 74.5 Å². The van der Waals surface area contributed by atoms with Crippen LogP contribution in [-0.4, -0.2) is 104 Å². The Morgan fingerprint density at radius 3 is 2.02 bits per heavy atom. The van der Waals surface area contributed by atoms with E-state index < -0.39 is 66.8 Å². The topological polar surface area (TPSA) is 144 Å². The number of hydrogen-bond acceptors (Lipinski definition) is 9. The summed E-state index contributed by atoms with van der Waals surface area (Å²) in [5, 5.41) is 5.45. The summed E-state index contributed by atoms with van der Waals surface area (Å²) in [4.78, 5) is 70.2. The highest BCUT2D eigenvalue weighted by Crippen LogP contribution is 2.30. The van der Waals surface area contributed by atoms with Gasteiger partial charge in [-0.25, -0.2) is 0 Å². The van der Waals surface area contributed by atoms with Crippen LogP contribution >= 0.6 is 0 Å². The van der Waals surface area contributed by atoms with E-state index in [0.717, 1.165) is 11.1 Å². The molecular weight excluding hydrogens is 688 g/mol. The maximum Gasteiger partial charge on any atom is 0.345 e. The van der Waals surface area contributed by atoms with Crippen molar-refractivity contribution in [2.24, 2.45) is 17.8 Å². The van der Waals surface area contributed by atoms with Crippen LogP contribution in [0.1, 0.15) is 57.6 Å².